The predicted molar refractivity (Wildman–Crippen MR) is 117 cm³/mol. The molecule has 5 nitrogen and oxygen atoms in total. The van der Waals surface area contributed by atoms with Crippen molar-refractivity contribution in [3.05, 3.63) is 65.1 Å². The Labute approximate surface area is 181 Å². The number of hydrogen-bond donors (Lipinski definition) is 0. The minimum Gasteiger partial charge on any atom is -0.497 e. The van der Waals surface area contributed by atoms with Gasteiger partial charge in [0.15, 0.2) is 29.1 Å². The van der Waals surface area contributed by atoms with Crippen LogP contribution in [0.2, 0.25) is 0 Å². The summed E-state index contributed by atoms with van der Waals surface area (Å²) in [6.45, 7) is 6.68. The van der Waals surface area contributed by atoms with Crippen molar-refractivity contribution in [3.8, 4) is 28.4 Å². The molecule has 2 heterocycles. The molecule has 1 unspecified atom stereocenters. The number of rotatable bonds is 4. The number of hydrogen-bond acceptors (Lipinski definition) is 5. The molecule has 0 N–H and O–H groups in total. The van der Waals surface area contributed by atoms with Crippen molar-refractivity contribution < 1.29 is 23.4 Å². The van der Waals surface area contributed by atoms with E-state index in [1.807, 2.05) is 49.4 Å². The second-order valence-electron chi connectivity index (χ2n) is 8.92. The molecule has 1 aliphatic carbocycles. The Morgan fingerprint density at radius 3 is 2.55 bits per heavy atom. The van der Waals surface area contributed by atoms with E-state index < -0.39 is 6.10 Å². The minimum absolute atomic E-state index is 0.124. The summed E-state index contributed by atoms with van der Waals surface area (Å²) in [4.78, 5) is 13.2. The standard InChI is InChI=1S/C26H26O5/c1-5-29-19-8-6-7-17-21-22-18(27)13-26(2,3)14-20(22)30-25(21)23(31-24(17)19)15-9-11-16(28-4)12-10-15/h6-12,23H,5,13-14H2,1-4H3. The maximum Gasteiger partial charge on any atom is 0.182 e. The lowest BCUT2D eigenvalue weighted by molar-refractivity contribution is 0.0903. The molecule has 3 aromatic rings. The molecular weight excluding hydrogens is 392 g/mol. The van der Waals surface area contributed by atoms with Crippen LogP contribution in [0.3, 0.4) is 0 Å². The van der Waals surface area contributed by atoms with E-state index in [4.69, 9.17) is 18.6 Å². The molecule has 1 aliphatic heterocycles. The molecule has 1 aromatic heterocycles. The normalized spacial score (nSPS) is 18.5. The predicted octanol–water partition coefficient (Wildman–Crippen LogP) is 5.99. The molecule has 2 aliphatic rings. The van der Waals surface area contributed by atoms with Gasteiger partial charge in [-0.2, -0.15) is 0 Å². The monoisotopic (exact) mass is 418 g/mol. The summed E-state index contributed by atoms with van der Waals surface area (Å²) in [6, 6.07) is 13.5. The molecular formula is C26H26O5. The number of carbonyl (C=O) groups is 1. The van der Waals surface area contributed by atoms with Gasteiger partial charge in [-0.3, -0.25) is 4.79 Å². The van der Waals surface area contributed by atoms with Crippen LogP contribution in [-0.4, -0.2) is 19.5 Å². The number of Topliss-reactive ketones (excluding diaryl/α,β-unsaturated/α-hetero) is 1. The van der Waals surface area contributed by atoms with Crippen molar-refractivity contribution in [1.82, 2.24) is 0 Å². The van der Waals surface area contributed by atoms with Crippen LogP contribution in [0.15, 0.2) is 46.9 Å². The van der Waals surface area contributed by atoms with Gasteiger partial charge in [-0.1, -0.05) is 38.1 Å². The first kappa shape index (κ1) is 19.7. The lowest BCUT2D eigenvalue weighted by atomic mass is 9.75. The number of methoxy groups -OCH3 is 1. The molecule has 0 bridgehead atoms. The van der Waals surface area contributed by atoms with Crippen molar-refractivity contribution >= 4 is 5.78 Å². The Hall–Kier alpha value is -3.21. The highest BCUT2D eigenvalue weighted by Crippen LogP contribution is 2.54. The summed E-state index contributed by atoms with van der Waals surface area (Å²) in [5.74, 6) is 3.65. The number of fused-ring (bicyclic) bond motifs is 5. The third-order valence-electron chi connectivity index (χ3n) is 6.01. The Morgan fingerprint density at radius 2 is 1.84 bits per heavy atom. The molecule has 5 heteroatoms. The van der Waals surface area contributed by atoms with Crippen LogP contribution in [0.1, 0.15) is 60.7 Å². The molecule has 2 aromatic carbocycles. The van der Waals surface area contributed by atoms with E-state index >= 15 is 0 Å². The van der Waals surface area contributed by atoms with Crippen molar-refractivity contribution in [3.63, 3.8) is 0 Å². The summed E-state index contributed by atoms with van der Waals surface area (Å²) in [5, 5.41) is 0. The Kier molecular flexibility index (Phi) is 4.58. The molecule has 0 amide bonds. The van der Waals surface area contributed by atoms with Gasteiger partial charge < -0.3 is 18.6 Å². The molecule has 1 atom stereocenters. The molecule has 0 radical (unpaired) electrons. The second kappa shape index (κ2) is 7.19. The fourth-order valence-corrected chi connectivity index (χ4v) is 4.66. The van der Waals surface area contributed by atoms with Crippen LogP contribution in [0.5, 0.6) is 17.2 Å². The number of ketones is 1. The maximum absolute atomic E-state index is 13.2. The van der Waals surface area contributed by atoms with Gasteiger partial charge in [0, 0.05) is 29.5 Å². The van der Waals surface area contributed by atoms with Gasteiger partial charge >= 0.3 is 0 Å². The summed E-state index contributed by atoms with van der Waals surface area (Å²) < 4.78 is 24.1. The largest absolute Gasteiger partial charge is 0.497 e. The lowest BCUT2D eigenvalue weighted by Gasteiger charge is -2.28. The summed E-state index contributed by atoms with van der Waals surface area (Å²) in [6.07, 6.45) is 0.744. The summed E-state index contributed by atoms with van der Waals surface area (Å²) in [7, 11) is 1.64. The van der Waals surface area contributed by atoms with Crippen LogP contribution in [-0.2, 0) is 6.42 Å². The molecule has 0 saturated carbocycles. The summed E-state index contributed by atoms with van der Waals surface area (Å²) in [5.41, 5.74) is 3.20. The van der Waals surface area contributed by atoms with Crippen molar-refractivity contribution in [2.24, 2.45) is 5.41 Å². The number of carbonyl (C=O) groups excluding carboxylic acids is 1. The van der Waals surface area contributed by atoms with Gasteiger partial charge in [-0.15, -0.1) is 0 Å². The highest BCUT2D eigenvalue weighted by atomic mass is 16.5. The van der Waals surface area contributed by atoms with Gasteiger partial charge in [0.25, 0.3) is 0 Å². The van der Waals surface area contributed by atoms with Crippen molar-refractivity contribution in [2.45, 2.75) is 39.7 Å². The third kappa shape index (κ3) is 3.19. The first-order chi connectivity index (χ1) is 14.9. The van der Waals surface area contributed by atoms with Gasteiger partial charge in [0.05, 0.1) is 19.3 Å². The fourth-order valence-electron chi connectivity index (χ4n) is 4.66. The minimum atomic E-state index is -0.475. The average molecular weight is 418 g/mol. The van der Waals surface area contributed by atoms with Crippen LogP contribution in [0.4, 0.5) is 0 Å². The highest BCUT2D eigenvalue weighted by molar-refractivity contribution is 6.06. The Morgan fingerprint density at radius 1 is 1.06 bits per heavy atom. The number of ether oxygens (including phenoxy) is 3. The smallest absolute Gasteiger partial charge is 0.182 e. The SMILES string of the molecule is CCOc1cccc2c1OC(c1ccc(OC)cc1)c1oc3c(c1-2)C(=O)CC(C)(C)C3. The van der Waals surface area contributed by atoms with E-state index in [0.29, 0.717) is 35.9 Å². The van der Waals surface area contributed by atoms with Gasteiger partial charge in [0.1, 0.15) is 11.5 Å². The Bertz CT molecular complexity index is 1150. The van der Waals surface area contributed by atoms with E-state index in [0.717, 1.165) is 34.6 Å². The zero-order chi connectivity index (χ0) is 21.8. The molecule has 0 fully saturated rings. The van der Waals surface area contributed by atoms with E-state index in [1.54, 1.807) is 7.11 Å². The van der Waals surface area contributed by atoms with Crippen molar-refractivity contribution in [2.75, 3.05) is 13.7 Å². The van der Waals surface area contributed by atoms with Gasteiger partial charge in [0.2, 0.25) is 0 Å². The highest BCUT2D eigenvalue weighted by Gasteiger charge is 2.42. The van der Waals surface area contributed by atoms with E-state index in [2.05, 4.69) is 13.8 Å². The quantitative estimate of drug-likeness (QED) is 0.521. The van der Waals surface area contributed by atoms with Crippen molar-refractivity contribution in [1.29, 1.82) is 0 Å². The molecule has 5 rings (SSSR count). The number of benzene rings is 2. The lowest BCUT2D eigenvalue weighted by Crippen LogP contribution is -2.26. The topological polar surface area (TPSA) is 57.9 Å². The van der Waals surface area contributed by atoms with Crippen LogP contribution < -0.4 is 14.2 Å². The Balaban J connectivity index is 1.74. The fraction of sp³-hybridized carbons (Fsp3) is 0.346. The molecule has 160 valence electrons. The van der Waals surface area contributed by atoms with E-state index in [1.165, 1.54) is 0 Å². The van der Waals surface area contributed by atoms with Gasteiger partial charge in [-0.05, 0) is 30.5 Å². The second-order valence-corrected chi connectivity index (χ2v) is 8.92. The van der Waals surface area contributed by atoms with Crippen LogP contribution in [0.25, 0.3) is 11.1 Å². The average Bonchev–Trinajstić information content (AvgIpc) is 3.12. The number of para-hydroxylation sites is 1. The molecule has 31 heavy (non-hydrogen) atoms. The third-order valence-corrected chi connectivity index (χ3v) is 6.01. The van der Waals surface area contributed by atoms with Crippen LogP contribution >= 0.6 is 0 Å². The van der Waals surface area contributed by atoms with Gasteiger partial charge in [-0.25, -0.2) is 0 Å². The van der Waals surface area contributed by atoms with E-state index in [-0.39, 0.29) is 11.2 Å². The zero-order valence-electron chi connectivity index (χ0n) is 18.3. The first-order valence-corrected chi connectivity index (χ1v) is 10.7. The molecule has 0 spiro atoms. The number of furan rings is 1. The first-order valence-electron chi connectivity index (χ1n) is 10.7. The zero-order valence-corrected chi connectivity index (χ0v) is 18.3. The van der Waals surface area contributed by atoms with Crippen LogP contribution in [0, 0.1) is 5.41 Å². The molecule has 0 saturated heterocycles. The van der Waals surface area contributed by atoms with E-state index in [9.17, 15) is 4.79 Å². The maximum atomic E-state index is 13.2. The summed E-state index contributed by atoms with van der Waals surface area (Å²) >= 11 is 0.